The van der Waals surface area contributed by atoms with Crippen LogP contribution in [-0.4, -0.2) is 47.7 Å². The van der Waals surface area contributed by atoms with Gasteiger partial charge in [0.05, 0.1) is 7.11 Å². The SMILES string of the molecule is COc1ccc(OCC(=O)NCCNc2cc(Nc3ccccn3)ncn2)cc1. The Labute approximate surface area is 168 Å². The highest BCUT2D eigenvalue weighted by atomic mass is 16.5. The molecule has 150 valence electrons. The molecule has 1 aromatic carbocycles. The van der Waals surface area contributed by atoms with Crippen molar-refractivity contribution < 1.29 is 14.3 Å². The van der Waals surface area contributed by atoms with Crippen LogP contribution in [0.25, 0.3) is 0 Å². The monoisotopic (exact) mass is 394 g/mol. The normalized spacial score (nSPS) is 10.1. The van der Waals surface area contributed by atoms with Gasteiger partial charge in [0, 0.05) is 25.4 Å². The molecule has 2 aromatic heterocycles. The fraction of sp³-hybridized carbons (Fsp3) is 0.200. The Morgan fingerprint density at radius 2 is 1.72 bits per heavy atom. The summed E-state index contributed by atoms with van der Waals surface area (Å²) in [5.41, 5.74) is 0. The lowest BCUT2D eigenvalue weighted by Crippen LogP contribution is -2.32. The molecule has 0 unspecified atom stereocenters. The molecular formula is C20H22N6O3. The molecule has 9 nitrogen and oxygen atoms in total. The number of nitrogens with one attached hydrogen (secondary N) is 3. The first kappa shape index (κ1) is 19.9. The van der Waals surface area contributed by atoms with E-state index in [1.54, 1.807) is 43.6 Å². The maximum Gasteiger partial charge on any atom is 0.258 e. The molecule has 0 radical (unpaired) electrons. The minimum atomic E-state index is -0.206. The summed E-state index contributed by atoms with van der Waals surface area (Å²) in [6.07, 6.45) is 3.15. The smallest absolute Gasteiger partial charge is 0.258 e. The fourth-order valence-corrected chi connectivity index (χ4v) is 2.35. The molecular weight excluding hydrogens is 372 g/mol. The van der Waals surface area contributed by atoms with Gasteiger partial charge in [-0.3, -0.25) is 4.79 Å². The van der Waals surface area contributed by atoms with E-state index in [0.29, 0.717) is 36.3 Å². The first-order chi connectivity index (χ1) is 14.2. The average molecular weight is 394 g/mol. The van der Waals surface area contributed by atoms with Gasteiger partial charge in [-0.05, 0) is 36.4 Å². The zero-order valence-corrected chi connectivity index (χ0v) is 16.0. The number of methoxy groups -OCH3 is 1. The maximum atomic E-state index is 11.9. The van der Waals surface area contributed by atoms with Crippen molar-refractivity contribution in [1.82, 2.24) is 20.3 Å². The second kappa shape index (κ2) is 10.5. The number of ether oxygens (including phenoxy) is 2. The van der Waals surface area contributed by atoms with Crippen molar-refractivity contribution in [3.05, 3.63) is 61.1 Å². The number of carbonyl (C=O) groups excluding carboxylic acids is 1. The number of rotatable bonds is 10. The van der Waals surface area contributed by atoms with E-state index in [2.05, 4.69) is 30.9 Å². The topological polar surface area (TPSA) is 110 Å². The molecule has 0 aliphatic carbocycles. The molecule has 9 heteroatoms. The van der Waals surface area contributed by atoms with Crippen LogP contribution >= 0.6 is 0 Å². The predicted octanol–water partition coefficient (Wildman–Crippen LogP) is 2.23. The summed E-state index contributed by atoms with van der Waals surface area (Å²) in [6.45, 7) is 0.879. The number of anilines is 3. The van der Waals surface area contributed by atoms with E-state index in [-0.39, 0.29) is 12.5 Å². The third-order valence-electron chi connectivity index (χ3n) is 3.77. The molecule has 0 atom stereocenters. The first-order valence-corrected chi connectivity index (χ1v) is 9.00. The largest absolute Gasteiger partial charge is 0.497 e. The van der Waals surface area contributed by atoms with Gasteiger partial charge in [0.25, 0.3) is 5.91 Å². The summed E-state index contributed by atoms with van der Waals surface area (Å²) < 4.78 is 10.5. The Hall–Kier alpha value is -3.88. The zero-order valence-electron chi connectivity index (χ0n) is 16.0. The van der Waals surface area contributed by atoms with Crippen LogP contribution in [0.1, 0.15) is 0 Å². The van der Waals surface area contributed by atoms with Gasteiger partial charge in [-0.2, -0.15) is 0 Å². The molecule has 3 aromatic rings. The van der Waals surface area contributed by atoms with Gasteiger partial charge in [-0.1, -0.05) is 6.07 Å². The van der Waals surface area contributed by atoms with Crippen molar-refractivity contribution in [2.75, 3.05) is 37.4 Å². The van der Waals surface area contributed by atoms with Crippen LogP contribution in [-0.2, 0) is 4.79 Å². The van der Waals surface area contributed by atoms with Gasteiger partial charge < -0.3 is 25.4 Å². The Balaban J connectivity index is 1.36. The highest BCUT2D eigenvalue weighted by Gasteiger charge is 2.04. The summed E-state index contributed by atoms with van der Waals surface area (Å²) in [6, 6.07) is 14.4. The molecule has 29 heavy (non-hydrogen) atoms. The highest BCUT2D eigenvalue weighted by molar-refractivity contribution is 5.77. The first-order valence-electron chi connectivity index (χ1n) is 9.00. The maximum absolute atomic E-state index is 11.9. The van der Waals surface area contributed by atoms with Crippen molar-refractivity contribution in [3.63, 3.8) is 0 Å². The molecule has 3 rings (SSSR count). The van der Waals surface area contributed by atoms with E-state index in [0.717, 1.165) is 5.75 Å². The van der Waals surface area contributed by atoms with Crippen LogP contribution in [0.3, 0.4) is 0 Å². The molecule has 2 heterocycles. The summed E-state index contributed by atoms with van der Waals surface area (Å²) in [4.78, 5) is 24.4. The van der Waals surface area contributed by atoms with Crippen molar-refractivity contribution in [1.29, 1.82) is 0 Å². The van der Waals surface area contributed by atoms with Crippen LogP contribution in [0, 0.1) is 0 Å². The lowest BCUT2D eigenvalue weighted by molar-refractivity contribution is -0.123. The Morgan fingerprint density at radius 1 is 0.931 bits per heavy atom. The zero-order chi connectivity index (χ0) is 20.3. The fourth-order valence-electron chi connectivity index (χ4n) is 2.35. The lowest BCUT2D eigenvalue weighted by atomic mass is 10.3. The second-order valence-corrected chi connectivity index (χ2v) is 5.87. The van der Waals surface area contributed by atoms with Gasteiger partial charge in [-0.25, -0.2) is 15.0 Å². The van der Waals surface area contributed by atoms with Crippen molar-refractivity contribution >= 4 is 23.4 Å². The van der Waals surface area contributed by atoms with Crippen molar-refractivity contribution in [2.24, 2.45) is 0 Å². The predicted molar refractivity (Wildman–Crippen MR) is 110 cm³/mol. The van der Waals surface area contributed by atoms with Gasteiger partial charge in [0.15, 0.2) is 6.61 Å². The van der Waals surface area contributed by atoms with E-state index < -0.39 is 0 Å². The minimum Gasteiger partial charge on any atom is -0.497 e. The third kappa shape index (κ3) is 6.65. The van der Waals surface area contributed by atoms with E-state index in [1.165, 1.54) is 6.33 Å². The molecule has 0 saturated heterocycles. The van der Waals surface area contributed by atoms with Gasteiger partial charge >= 0.3 is 0 Å². The quantitative estimate of drug-likeness (QED) is 0.449. The van der Waals surface area contributed by atoms with Gasteiger partial charge in [-0.15, -0.1) is 0 Å². The molecule has 0 bridgehead atoms. The second-order valence-electron chi connectivity index (χ2n) is 5.87. The molecule has 0 aliphatic rings. The summed E-state index contributed by atoms with van der Waals surface area (Å²) >= 11 is 0. The van der Waals surface area contributed by atoms with Gasteiger partial charge in [0.1, 0.15) is 35.3 Å². The minimum absolute atomic E-state index is 0.0576. The van der Waals surface area contributed by atoms with Crippen molar-refractivity contribution in [2.45, 2.75) is 0 Å². The van der Waals surface area contributed by atoms with Crippen LogP contribution < -0.4 is 25.4 Å². The molecule has 1 amide bonds. The van der Waals surface area contributed by atoms with E-state index in [1.807, 2.05) is 18.2 Å². The number of amides is 1. The summed E-state index contributed by atoms with van der Waals surface area (Å²) in [5.74, 6) is 3.09. The molecule has 0 spiro atoms. The number of nitrogens with zero attached hydrogens (tertiary/aromatic N) is 3. The molecule has 0 aliphatic heterocycles. The average Bonchev–Trinajstić information content (AvgIpc) is 2.77. The summed E-state index contributed by atoms with van der Waals surface area (Å²) in [5, 5.41) is 9.01. The number of benzene rings is 1. The number of hydrogen-bond donors (Lipinski definition) is 3. The van der Waals surface area contributed by atoms with E-state index in [9.17, 15) is 4.79 Å². The molecule has 0 fully saturated rings. The van der Waals surface area contributed by atoms with Crippen molar-refractivity contribution in [3.8, 4) is 11.5 Å². The Morgan fingerprint density at radius 3 is 2.48 bits per heavy atom. The van der Waals surface area contributed by atoms with E-state index in [4.69, 9.17) is 9.47 Å². The highest BCUT2D eigenvalue weighted by Crippen LogP contribution is 2.16. The lowest BCUT2D eigenvalue weighted by Gasteiger charge is -2.10. The number of hydrogen-bond acceptors (Lipinski definition) is 8. The number of pyridine rings is 1. The molecule has 3 N–H and O–H groups in total. The van der Waals surface area contributed by atoms with Crippen LogP contribution in [0.15, 0.2) is 61.1 Å². The standard InChI is InChI=1S/C20H22N6O3/c1-28-15-5-7-16(8-6-15)29-13-20(27)23-11-10-22-18-12-19(25-14-24-18)26-17-4-2-3-9-21-17/h2-9,12,14H,10-11,13H2,1H3,(H,23,27)(H2,21,22,24,25,26). The van der Waals surface area contributed by atoms with Crippen LogP contribution in [0.2, 0.25) is 0 Å². The Bertz CT molecular complexity index is 906. The molecule has 0 saturated carbocycles. The van der Waals surface area contributed by atoms with Crippen LogP contribution in [0.5, 0.6) is 11.5 Å². The van der Waals surface area contributed by atoms with Crippen LogP contribution in [0.4, 0.5) is 17.5 Å². The van der Waals surface area contributed by atoms with Gasteiger partial charge in [0.2, 0.25) is 0 Å². The summed E-state index contributed by atoms with van der Waals surface area (Å²) in [7, 11) is 1.59. The van der Waals surface area contributed by atoms with E-state index >= 15 is 0 Å². The Kier molecular flexibility index (Phi) is 7.16. The number of carbonyl (C=O) groups is 1. The number of aromatic nitrogens is 3. The third-order valence-corrected chi connectivity index (χ3v) is 3.77.